The zero-order chi connectivity index (χ0) is 79.6. The van der Waals surface area contributed by atoms with Crippen molar-refractivity contribution in [3.8, 4) is 79.2 Å². The molecule has 9 heteroatoms. The third-order valence-corrected chi connectivity index (χ3v) is 27.3. The molecule has 0 N–H and O–H groups in total. The summed E-state index contributed by atoms with van der Waals surface area (Å²) in [6, 6.07) is 130. The van der Waals surface area contributed by atoms with Crippen molar-refractivity contribution in [1.29, 1.82) is 0 Å². The van der Waals surface area contributed by atoms with E-state index in [1.807, 2.05) is 0 Å². The molecular weight excluding hydrogens is 1470 g/mol. The SMILES string of the molecule is CC1(C)c2ccccc2-c2cc3c4c5cc(-c6ccc7oc8c(-c9nc(-n%10c%11cc%12c(cc%11c%11c%13ccccc%13c(-n%13c%14ccccc%14c%14ccccc%14%13)cc%11%10)-c%10ccccc%10C%12(C)C)nc%10ccccc9%10)cccc8c7c6)ccc5c(-n5c6ccccc6c6ccccc65)cc4n(-c4nc(-c5ccc6ccccc6c5)c5ccccc5n4)c3cc21. The van der Waals surface area contributed by atoms with E-state index in [1.165, 1.54) is 71.4 Å². The zero-order valence-electron chi connectivity index (χ0n) is 66.5. The quantitative estimate of drug-likeness (QED) is 0.159. The van der Waals surface area contributed by atoms with Gasteiger partial charge in [0.15, 0.2) is 0 Å². The predicted octanol–water partition coefficient (Wildman–Crippen LogP) is 28.9. The summed E-state index contributed by atoms with van der Waals surface area (Å²) in [6.07, 6.45) is 0. The minimum Gasteiger partial charge on any atom is -0.455 e. The Kier molecular flexibility index (Phi) is 13.2. The van der Waals surface area contributed by atoms with Gasteiger partial charge in [-0.05, 0) is 180 Å². The number of rotatable bonds is 7. The van der Waals surface area contributed by atoms with Gasteiger partial charge in [0, 0.05) is 97.4 Å². The highest BCUT2D eigenvalue weighted by Gasteiger charge is 2.39. The molecule has 564 valence electrons. The van der Waals surface area contributed by atoms with Crippen molar-refractivity contribution in [2.75, 3.05) is 0 Å². The number of nitrogens with zero attached hydrogens (tertiary/aromatic N) is 8. The maximum atomic E-state index is 7.35. The van der Waals surface area contributed by atoms with Crippen molar-refractivity contribution in [1.82, 2.24) is 38.2 Å². The molecule has 18 aromatic carbocycles. The van der Waals surface area contributed by atoms with Crippen LogP contribution in [0.25, 0.3) is 242 Å². The van der Waals surface area contributed by atoms with E-state index < -0.39 is 0 Å². The first kappa shape index (κ1) is 66.6. The molecule has 0 saturated carbocycles. The highest BCUT2D eigenvalue weighted by molar-refractivity contribution is 6.28. The first-order valence-corrected chi connectivity index (χ1v) is 41.8. The molecule has 0 spiro atoms. The summed E-state index contributed by atoms with van der Waals surface area (Å²) in [5.74, 6) is 1.18. The average molecular weight is 1540 g/mol. The van der Waals surface area contributed by atoms with Crippen molar-refractivity contribution >= 4 is 163 Å². The largest absolute Gasteiger partial charge is 0.455 e. The maximum Gasteiger partial charge on any atom is 0.235 e. The van der Waals surface area contributed by atoms with Gasteiger partial charge >= 0.3 is 0 Å². The maximum absolute atomic E-state index is 7.35. The second-order valence-corrected chi connectivity index (χ2v) is 34.3. The molecule has 121 heavy (non-hydrogen) atoms. The van der Waals surface area contributed by atoms with E-state index in [0.717, 1.165) is 181 Å². The van der Waals surface area contributed by atoms with Crippen molar-refractivity contribution < 1.29 is 4.42 Å². The summed E-state index contributed by atoms with van der Waals surface area (Å²) in [4.78, 5) is 23.2. The zero-order valence-corrected chi connectivity index (χ0v) is 66.5. The van der Waals surface area contributed by atoms with Crippen LogP contribution in [-0.2, 0) is 10.8 Å². The molecule has 0 bridgehead atoms. The van der Waals surface area contributed by atoms with Crippen LogP contribution in [0.2, 0.25) is 0 Å². The first-order valence-electron chi connectivity index (χ1n) is 41.8. The van der Waals surface area contributed by atoms with Gasteiger partial charge < -0.3 is 13.6 Å². The Labute approximate surface area is 693 Å². The van der Waals surface area contributed by atoms with E-state index in [1.54, 1.807) is 0 Å². The Hall–Kier alpha value is -15.6. The fourth-order valence-corrected chi connectivity index (χ4v) is 21.8. The van der Waals surface area contributed by atoms with Gasteiger partial charge in [-0.2, -0.15) is 0 Å². The van der Waals surface area contributed by atoms with Crippen molar-refractivity contribution in [2.45, 2.75) is 38.5 Å². The van der Waals surface area contributed by atoms with E-state index >= 15 is 0 Å². The lowest BCUT2D eigenvalue weighted by Gasteiger charge is -2.21. The Bertz CT molecular complexity index is 8900. The molecule has 0 radical (unpaired) electrons. The molecule has 7 heterocycles. The van der Waals surface area contributed by atoms with Crippen molar-refractivity contribution in [3.05, 3.63) is 374 Å². The Morgan fingerprint density at radius 3 is 1.22 bits per heavy atom. The van der Waals surface area contributed by atoms with E-state index in [4.69, 9.17) is 24.4 Å². The number of para-hydroxylation sites is 7. The number of hydrogen-bond acceptors (Lipinski definition) is 5. The van der Waals surface area contributed by atoms with Gasteiger partial charge in [0.25, 0.3) is 0 Å². The molecule has 9 nitrogen and oxygen atoms in total. The number of benzene rings is 18. The van der Waals surface area contributed by atoms with Gasteiger partial charge in [0.2, 0.25) is 11.9 Å². The minimum atomic E-state index is -0.301. The molecular formula is C112H70N8O. The number of fused-ring (bicyclic) bond motifs is 28. The van der Waals surface area contributed by atoms with Crippen molar-refractivity contribution in [3.63, 3.8) is 0 Å². The monoisotopic (exact) mass is 1540 g/mol. The molecule has 25 aromatic rings. The summed E-state index contributed by atoms with van der Waals surface area (Å²) in [5, 5.41) is 20.1. The highest BCUT2D eigenvalue weighted by atomic mass is 16.3. The normalized spacial score (nSPS) is 13.6. The van der Waals surface area contributed by atoms with Crippen molar-refractivity contribution in [2.24, 2.45) is 0 Å². The molecule has 27 rings (SSSR count). The third kappa shape index (κ3) is 9.07. The molecule has 0 fully saturated rings. The molecule has 7 aromatic heterocycles. The standard InChI is InChI=1S/C112H70N8O/c1-111(2)87-40-17-9-28-68(87)81-57-85-97(59-89(81)111)119(101-61-99(74-34-7-8-35-76(74)104(85)101)117-93-44-21-13-30-70(93)71-31-14-22-45-94(71)117)110-114-92-43-20-12-37-79(92)107(116-110)80-39-25-38-77-83-55-66(51-53-103(83)121-108(77)80)65-50-52-75-84(56-65)105-86-58-82-69-29-10-18-41-88(69)112(3,4)90(82)60-98(86)120(102(105)62-100(75)118-95-46-23-15-32-72(95)73-33-16-24-47-96(73)118)109-113-91-42-19-11-36-78(91)106(115-109)67-49-48-63-26-5-6-27-64(63)54-67/h5-62H,1-4H3. The van der Waals surface area contributed by atoms with Gasteiger partial charge in [-0.25, -0.2) is 19.9 Å². The second kappa shape index (κ2) is 24.1. The lowest BCUT2D eigenvalue weighted by atomic mass is 9.82. The lowest BCUT2D eigenvalue weighted by molar-refractivity contribution is 0.661. The van der Waals surface area contributed by atoms with Crippen LogP contribution in [0.4, 0.5) is 0 Å². The molecule has 2 aliphatic rings. The second-order valence-electron chi connectivity index (χ2n) is 34.3. The van der Waals surface area contributed by atoms with Gasteiger partial charge in [0.1, 0.15) is 11.2 Å². The Balaban J connectivity index is 0.690. The minimum absolute atomic E-state index is 0.282. The van der Waals surface area contributed by atoms with Crippen LogP contribution in [0.1, 0.15) is 49.9 Å². The number of aromatic nitrogens is 8. The fourth-order valence-electron chi connectivity index (χ4n) is 21.8. The third-order valence-electron chi connectivity index (χ3n) is 27.3. The van der Waals surface area contributed by atoms with Crippen LogP contribution < -0.4 is 0 Å². The summed E-state index contributed by atoms with van der Waals surface area (Å²) < 4.78 is 17.0. The summed E-state index contributed by atoms with van der Waals surface area (Å²) >= 11 is 0. The van der Waals surface area contributed by atoms with Crippen LogP contribution in [0.15, 0.2) is 356 Å². The Morgan fingerprint density at radius 1 is 0.231 bits per heavy atom. The predicted molar refractivity (Wildman–Crippen MR) is 501 cm³/mol. The average Bonchev–Trinajstić information content (AvgIpc) is 1.53. The molecule has 0 saturated heterocycles. The number of furan rings is 1. The number of hydrogen-bond donors (Lipinski definition) is 0. The topological polar surface area (TPSA) is 84.4 Å². The van der Waals surface area contributed by atoms with E-state index in [2.05, 4.69) is 398 Å². The van der Waals surface area contributed by atoms with E-state index in [0.29, 0.717) is 11.9 Å². The molecule has 0 amide bonds. The fraction of sp³-hybridized carbons (Fsp3) is 0.0536. The van der Waals surface area contributed by atoms with Crippen LogP contribution in [0.3, 0.4) is 0 Å². The van der Waals surface area contributed by atoms with Gasteiger partial charge in [-0.1, -0.05) is 276 Å². The van der Waals surface area contributed by atoms with Crippen LogP contribution in [-0.4, -0.2) is 38.2 Å². The smallest absolute Gasteiger partial charge is 0.235 e. The first-order chi connectivity index (χ1) is 59.5. The van der Waals surface area contributed by atoms with Crippen LogP contribution in [0, 0.1) is 0 Å². The van der Waals surface area contributed by atoms with Gasteiger partial charge in [-0.3, -0.25) is 9.13 Å². The summed E-state index contributed by atoms with van der Waals surface area (Å²) in [6.45, 7) is 9.48. The highest BCUT2D eigenvalue weighted by Crippen LogP contribution is 2.56. The van der Waals surface area contributed by atoms with Gasteiger partial charge in [0.05, 0.1) is 77.9 Å². The van der Waals surface area contributed by atoms with Crippen LogP contribution >= 0.6 is 0 Å². The van der Waals surface area contributed by atoms with E-state index in [-0.39, 0.29) is 10.8 Å². The summed E-state index contributed by atoms with van der Waals surface area (Å²) in [5.41, 5.74) is 29.4. The molecule has 0 atom stereocenters. The Morgan fingerprint density at radius 2 is 0.653 bits per heavy atom. The summed E-state index contributed by atoms with van der Waals surface area (Å²) in [7, 11) is 0. The molecule has 0 unspecified atom stereocenters. The van der Waals surface area contributed by atoms with E-state index in [9.17, 15) is 0 Å². The molecule has 0 aliphatic heterocycles. The van der Waals surface area contributed by atoms with Crippen LogP contribution in [0.5, 0.6) is 0 Å². The lowest BCUT2D eigenvalue weighted by Crippen LogP contribution is -2.15. The van der Waals surface area contributed by atoms with Gasteiger partial charge in [-0.15, -0.1) is 0 Å². The molecule has 2 aliphatic carbocycles.